The maximum Gasteiger partial charge on any atom is 0.0827 e. The fraction of sp³-hybridized carbons (Fsp3) is 0.471. The Labute approximate surface area is 126 Å². The van der Waals surface area contributed by atoms with Crippen LogP contribution in [0.4, 0.5) is 5.69 Å². The molecule has 0 radical (unpaired) electrons. The highest BCUT2D eigenvalue weighted by molar-refractivity contribution is 5.54. The van der Waals surface area contributed by atoms with E-state index in [1.54, 1.807) is 0 Å². The molecule has 21 heavy (non-hydrogen) atoms. The van der Waals surface area contributed by atoms with Gasteiger partial charge in [-0.2, -0.15) is 5.10 Å². The van der Waals surface area contributed by atoms with Crippen molar-refractivity contribution in [2.24, 2.45) is 0 Å². The zero-order valence-electron chi connectivity index (χ0n) is 13.2. The second-order valence-corrected chi connectivity index (χ2v) is 6.03. The number of aromatic amines is 1. The Morgan fingerprint density at radius 3 is 2.48 bits per heavy atom. The molecule has 1 fully saturated rings. The monoisotopic (exact) mass is 284 g/mol. The van der Waals surface area contributed by atoms with Gasteiger partial charge in [0, 0.05) is 32.7 Å². The molecule has 4 heteroatoms. The number of aromatic nitrogens is 2. The molecule has 0 spiro atoms. The molecule has 0 bridgehead atoms. The topological polar surface area (TPSA) is 35.2 Å². The van der Waals surface area contributed by atoms with Crippen molar-refractivity contribution in [2.45, 2.75) is 27.3 Å². The van der Waals surface area contributed by atoms with E-state index in [2.05, 4.69) is 65.0 Å². The SMILES string of the molecule is Cc1cccc(CN2CCN(c3c(C)n[nH]c3C)CC2)c1. The van der Waals surface area contributed by atoms with Crippen molar-refractivity contribution in [2.75, 3.05) is 31.1 Å². The predicted molar refractivity (Wildman–Crippen MR) is 86.7 cm³/mol. The summed E-state index contributed by atoms with van der Waals surface area (Å²) in [6.07, 6.45) is 0. The number of rotatable bonds is 3. The number of aryl methyl sites for hydroxylation is 3. The maximum atomic E-state index is 4.31. The third-order valence-corrected chi connectivity index (χ3v) is 4.27. The smallest absolute Gasteiger partial charge is 0.0827 e. The zero-order chi connectivity index (χ0) is 14.8. The molecule has 2 aromatic rings. The van der Waals surface area contributed by atoms with Gasteiger partial charge >= 0.3 is 0 Å². The van der Waals surface area contributed by atoms with E-state index < -0.39 is 0 Å². The number of anilines is 1. The summed E-state index contributed by atoms with van der Waals surface area (Å²) in [6, 6.07) is 8.82. The number of piperazine rings is 1. The highest BCUT2D eigenvalue weighted by Gasteiger charge is 2.21. The number of hydrogen-bond donors (Lipinski definition) is 1. The van der Waals surface area contributed by atoms with Gasteiger partial charge in [-0.1, -0.05) is 29.8 Å². The highest BCUT2D eigenvalue weighted by atomic mass is 15.3. The Bertz CT molecular complexity index is 590. The minimum Gasteiger partial charge on any atom is -0.366 e. The standard InChI is InChI=1S/C17H24N4/c1-13-5-4-6-16(11-13)12-20-7-9-21(10-8-20)17-14(2)18-19-15(17)3/h4-6,11H,7-10,12H2,1-3H3,(H,18,19). The summed E-state index contributed by atoms with van der Waals surface area (Å²) in [4.78, 5) is 5.00. The molecule has 0 unspecified atom stereocenters. The molecular formula is C17H24N4. The lowest BCUT2D eigenvalue weighted by Gasteiger charge is -2.36. The van der Waals surface area contributed by atoms with Crippen LogP contribution in [0.15, 0.2) is 24.3 Å². The van der Waals surface area contributed by atoms with E-state index >= 15 is 0 Å². The average molecular weight is 284 g/mol. The predicted octanol–water partition coefficient (Wildman–Crippen LogP) is 2.66. The Hall–Kier alpha value is -1.81. The molecule has 0 amide bonds. The largest absolute Gasteiger partial charge is 0.366 e. The first-order valence-corrected chi connectivity index (χ1v) is 7.68. The molecule has 3 rings (SSSR count). The molecular weight excluding hydrogens is 260 g/mol. The number of nitrogens with zero attached hydrogens (tertiary/aromatic N) is 3. The minimum atomic E-state index is 1.05. The lowest BCUT2D eigenvalue weighted by molar-refractivity contribution is 0.249. The average Bonchev–Trinajstić information content (AvgIpc) is 2.79. The number of hydrogen-bond acceptors (Lipinski definition) is 3. The number of benzene rings is 1. The zero-order valence-corrected chi connectivity index (χ0v) is 13.2. The van der Waals surface area contributed by atoms with Gasteiger partial charge < -0.3 is 4.90 Å². The first-order valence-electron chi connectivity index (χ1n) is 7.68. The Morgan fingerprint density at radius 2 is 1.86 bits per heavy atom. The van der Waals surface area contributed by atoms with E-state index in [0.29, 0.717) is 0 Å². The Balaban J connectivity index is 1.60. The molecule has 1 aliphatic heterocycles. The summed E-state index contributed by atoms with van der Waals surface area (Å²) in [5, 5.41) is 7.39. The third-order valence-electron chi connectivity index (χ3n) is 4.27. The van der Waals surface area contributed by atoms with Crippen molar-refractivity contribution in [3.05, 3.63) is 46.8 Å². The maximum absolute atomic E-state index is 4.31. The molecule has 4 nitrogen and oxygen atoms in total. The molecule has 2 heterocycles. The van der Waals surface area contributed by atoms with Gasteiger partial charge in [0.25, 0.3) is 0 Å². The van der Waals surface area contributed by atoms with Gasteiger partial charge in [-0.05, 0) is 26.3 Å². The van der Waals surface area contributed by atoms with Gasteiger partial charge in [0.2, 0.25) is 0 Å². The first-order chi connectivity index (χ1) is 10.1. The van der Waals surface area contributed by atoms with Gasteiger partial charge in [0.05, 0.1) is 17.1 Å². The van der Waals surface area contributed by atoms with Crippen LogP contribution >= 0.6 is 0 Å². The van der Waals surface area contributed by atoms with Crippen LogP contribution in [-0.4, -0.2) is 41.3 Å². The van der Waals surface area contributed by atoms with E-state index in [1.807, 2.05) is 0 Å². The fourth-order valence-corrected chi connectivity index (χ4v) is 3.21. The summed E-state index contributed by atoms with van der Waals surface area (Å²) in [5.74, 6) is 0. The van der Waals surface area contributed by atoms with Gasteiger partial charge in [0.1, 0.15) is 0 Å². The highest BCUT2D eigenvalue weighted by Crippen LogP contribution is 2.23. The molecule has 0 saturated carbocycles. The molecule has 1 aliphatic rings. The molecule has 0 atom stereocenters. The lowest BCUT2D eigenvalue weighted by Crippen LogP contribution is -2.46. The summed E-state index contributed by atoms with van der Waals surface area (Å²) in [7, 11) is 0. The second-order valence-electron chi connectivity index (χ2n) is 6.03. The van der Waals surface area contributed by atoms with Crippen LogP contribution in [0, 0.1) is 20.8 Å². The van der Waals surface area contributed by atoms with Crippen molar-refractivity contribution in [3.63, 3.8) is 0 Å². The van der Waals surface area contributed by atoms with Crippen LogP contribution in [0.1, 0.15) is 22.5 Å². The van der Waals surface area contributed by atoms with Crippen molar-refractivity contribution in [1.29, 1.82) is 0 Å². The van der Waals surface area contributed by atoms with Crippen molar-refractivity contribution in [1.82, 2.24) is 15.1 Å². The van der Waals surface area contributed by atoms with E-state index in [9.17, 15) is 0 Å². The fourth-order valence-electron chi connectivity index (χ4n) is 3.21. The number of H-pyrrole nitrogens is 1. The molecule has 112 valence electrons. The third kappa shape index (κ3) is 3.10. The van der Waals surface area contributed by atoms with Gasteiger partial charge in [-0.25, -0.2) is 0 Å². The van der Waals surface area contributed by atoms with Crippen molar-refractivity contribution in [3.8, 4) is 0 Å². The summed E-state index contributed by atoms with van der Waals surface area (Å²) >= 11 is 0. The number of nitrogens with one attached hydrogen (secondary N) is 1. The van der Waals surface area contributed by atoms with E-state index in [-0.39, 0.29) is 0 Å². The van der Waals surface area contributed by atoms with Gasteiger partial charge in [-0.3, -0.25) is 10.00 Å². The lowest BCUT2D eigenvalue weighted by atomic mass is 10.1. The molecule has 1 saturated heterocycles. The first kappa shape index (κ1) is 14.1. The summed E-state index contributed by atoms with van der Waals surface area (Å²) < 4.78 is 0. The van der Waals surface area contributed by atoms with Gasteiger partial charge in [-0.15, -0.1) is 0 Å². The van der Waals surface area contributed by atoms with E-state index in [1.165, 1.54) is 22.5 Å². The summed E-state index contributed by atoms with van der Waals surface area (Å²) in [5.41, 5.74) is 6.35. The molecule has 0 aliphatic carbocycles. The van der Waals surface area contributed by atoms with E-state index in [0.717, 1.165) is 38.4 Å². The second kappa shape index (κ2) is 5.90. The Kier molecular flexibility index (Phi) is 3.97. The van der Waals surface area contributed by atoms with Crippen molar-refractivity contribution < 1.29 is 0 Å². The van der Waals surface area contributed by atoms with Crippen LogP contribution in [0.2, 0.25) is 0 Å². The normalized spacial score (nSPS) is 16.4. The van der Waals surface area contributed by atoms with Crippen LogP contribution in [-0.2, 0) is 6.54 Å². The Morgan fingerprint density at radius 1 is 1.10 bits per heavy atom. The summed E-state index contributed by atoms with van der Waals surface area (Å²) in [6.45, 7) is 11.8. The molecule has 1 N–H and O–H groups in total. The quantitative estimate of drug-likeness (QED) is 0.941. The van der Waals surface area contributed by atoms with Crippen LogP contribution in [0.3, 0.4) is 0 Å². The van der Waals surface area contributed by atoms with Crippen LogP contribution in [0.5, 0.6) is 0 Å². The van der Waals surface area contributed by atoms with Gasteiger partial charge in [0.15, 0.2) is 0 Å². The van der Waals surface area contributed by atoms with Crippen LogP contribution < -0.4 is 4.90 Å². The van der Waals surface area contributed by atoms with E-state index in [4.69, 9.17) is 0 Å². The molecule has 1 aromatic carbocycles. The minimum absolute atomic E-state index is 1.05. The van der Waals surface area contributed by atoms with Crippen molar-refractivity contribution >= 4 is 5.69 Å². The molecule has 1 aromatic heterocycles. The van der Waals surface area contributed by atoms with Crippen LogP contribution in [0.25, 0.3) is 0 Å².